The highest BCUT2D eigenvalue weighted by atomic mass is 16.4. The molecular formula is C18H22O5. The van der Waals surface area contributed by atoms with E-state index in [1.54, 1.807) is 12.1 Å². The van der Waals surface area contributed by atoms with E-state index in [-0.39, 0.29) is 6.42 Å². The molecule has 0 saturated heterocycles. The molecule has 0 aliphatic carbocycles. The Morgan fingerprint density at radius 2 is 1.17 bits per heavy atom. The quantitative estimate of drug-likeness (QED) is 0.788. The molecule has 0 bridgehead atoms. The number of carboxylic acid groups (broad SMARTS) is 2. The molecule has 2 aromatic rings. The molecular weight excluding hydrogens is 296 g/mol. The summed E-state index contributed by atoms with van der Waals surface area (Å²) in [5, 5.41) is 24.6. The van der Waals surface area contributed by atoms with Gasteiger partial charge in [0, 0.05) is 6.92 Å². The minimum Gasteiger partial charge on any atom is -0.508 e. The van der Waals surface area contributed by atoms with Gasteiger partial charge in [-0.05, 0) is 31.5 Å². The number of hydrogen-bond donors (Lipinski definition) is 3. The molecule has 2 rings (SSSR count). The molecule has 0 heterocycles. The SMILES string of the molecule is CC(=O)O.Cc1ccc(CC(=O)O)cc1.Cc1ccc(O)cc1. The molecule has 0 atom stereocenters. The molecule has 0 aliphatic heterocycles. The minimum absolute atomic E-state index is 0.111. The predicted octanol–water partition coefficient (Wildman–Crippen LogP) is 3.41. The van der Waals surface area contributed by atoms with Crippen molar-refractivity contribution < 1.29 is 24.9 Å². The van der Waals surface area contributed by atoms with Crippen molar-refractivity contribution in [1.82, 2.24) is 0 Å². The Hall–Kier alpha value is -2.82. The second kappa shape index (κ2) is 10.8. The van der Waals surface area contributed by atoms with Crippen LogP contribution < -0.4 is 0 Å². The van der Waals surface area contributed by atoms with E-state index in [0.717, 1.165) is 18.1 Å². The zero-order valence-corrected chi connectivity index (χ0v) is 13.5. The van der Waals surface area contributed by atoms with Crippen LogP contribution in [-0.4, -0.2) is 27.3 Å². The number of aryl methyl sites for hydroxylation is 2. The monoisotopic (exact) mass is 318 g/mol. The topological polar surface area (TPSA) is 94.8 Å². The smallest absolute Gasteiger partial charge is 0.307 e. The fourth-order valence-corrected chi connectivity index (χ4v) is 1.43. The molecule has 0 aliphatic rings. The number of phenolic OH excluding ortho intramolecular Hbond substituents is 1. The Balaban J connectivity index is 0.000000354. The molecule has 2 aromatic carbocycles. The maximum absolute atomic E-state index is 10.3. The third-order valence-corrected chi connectivity index (χ3v) is 2.51. The van der Waals surface area contributed by atoms with Gasteiger partial charge in [-0.15, -0.1) is 0 Å². The number of aliphatic carboxylic acids is 2. The summed E-state index contributed by atoms with van der Waals surface area (Å²) < 4.78 is 0. The van der Waals surface area contributed by atoms with Crippen LogP contribution in [0.4, 0.5) is 0 Å². The Morgan fingerprint density at radius 1 is 0.826 bits per heavy atom. The number of aromatic hydroxyl groups is 1. The van der Waals surface area contributed by atoms with Crippen molar-refractivity contribution in [3.05, 3.63) is 65.2 Å². The van der Waals surface area contributed by atoms with Gasteiger partial charge in [0.2, 0.25) is 0 Å². The van der Waals surface area contributed by atoms with Gasteiger partial charge >= 0.3 is 5.97 Å². The lowest BCUT2D eigenvalue weighted by molar-refractivity contribution is -0.136. The van der Waals surface area contributed by atoms with Crippen LogP contribution in [0.15, 0.2) is 48.5 Å². The molecule has 0 spiro atoms. The first-order valence-corrected chi connectivity index (χ1v) is 6.93. The van der Waals surface area contributed by atoms with Crippen LogP contribution in [0.5, 0.6) is 5.75 Å². The minimum atomic E-state index is -0.833. The van der Waals surface area contributed by atoms with Crippen LogP contribution in [0.25, 0.3) is 0 Å². The number of phenols is 1. The molecule has 0 fully saturated rings. The van der Waals surface area contributed by atoms with Crippen molar-refractivity contribution in [3.63, 3.8) is 0 Å². The second-order valence-electron chi connectivity index (χ2n) is 4.91. The Morgan fingerprint density at radius 3 is 1.48 bits per heavy atom. The highest BCUT2D eigenvalue weighted by molar-refractivity contribution is 5.70. The van der Waals surface area contributed by atoms with E-state index in [2.05, 4.69) is 0 Å². The number of rotatable bonds is 2. The Bertz CT molecular complexity index is 575. The van der Waals surface area contributed by atoms with E-state index in [9.17, 15) is 4.79 Å². The lowest BCUT2D eigenvalue weighted by Crippen LogP contribution is -1.99. The average molecular weight is 318 g/mol. The lowest BCUT2D eigenvalue weighted by atomic mass is 10.1. The zero-order valence-electron chi connectivity index (χ0n) is 13.5. The zero-order chi connectivity index (χ0) is 17.8. The van der Waals surface area contributed by atoms with E-state index in [1.165, 1.54) is 5.56 Å². The molecule has 0 unspecified atom stereocenters. The van der Waals surface area contributed by atoms with Crippen LogP contribution in [-0.2, 0) is 16.0 Å². The van der Waals surface area contributed by atoms with Crippen molar-refractivity contribution in [2.75, 3.05) is 0 Å². The van der Waals surface area contributed by atoms with Crippen LogP contribution in [0.1, 0.15) is 23.6 Å². The van der Waals surface area contributed by atoms with Gasteiger partial charge in [-0.25, -0.2) is 0 Å². The molecule has 5 nitrogen and oxygen atoms in total. The van der Waals surface area contributed by atoms with Crippen molar-refractivity contribution in [3.8, 4) is 5.75 Å². The first kappa shape index (κ1) is 20.2. The summed E-state index contributed by atoms with van der Waals surface area (Å²) in [7, 11) is 0. The summed E-state index contributed by atoms with van der Waals surface area (Å²) >= 11 is 0. The maximum Gasteiger partial charge on any atom is 0.307 e. The molecule has 5 heteroatoms. The van der Waals surface area contributed by atoms with Crippen LogP contribution in [0, 0.1) is 13.8 Å². The van der Waals surface area contributed by atoms with Crippen molar-refractivity contribution in [2.45, 2.75) is 27.2 Å². The second-order valence-corrected chi connectivity index (χ2v) is 4.91. The molecule has 124 valence electrons. The van der Waals surface area contributed by atoms with Crippen LogP contribution >= 0.6 is 0 Å². The number of benzene rings is 2. The van der Waals surface area contributed by atoms with E-state index >= 15 is 0 Å². The molecule has 0 saturated carbocycles. The summed E-state index contributed by atoms with van der Waals surface area (Å²) in [6, 6.07) is 14.6. The fraction of sp³-hybridized carbons (Fsp3) is 0.222. The summed E-state index contributed by atoms with van der Waals surface area (Å²) in [6.07, 6.45) is 0.111. The van der Waals surface area contributed by atoms with Gasteiger partial charge in [-0.1, -0.05) is 47.5 Å². The van der Waals surface area contributed by atoms with Crippen molar-refractivity contribution >= 4 is 11.9 Å². The molecule has 0 radical (unpaired) electrons. The predicted molar refractivity (Wildman–Crippen MR) is 88.7 cm³/mol. The van der Waals surface area contributed by atoms with E-state index in [1.807, 2.05) is 50.2 Å². The van der Waals surface area contributed by atoms with Gasteiger partial charge in [-0.3, -0.25) is 9.59 Å². The average Bonchev–Trinajstić information content (AvgIpc) is 2.44. The first-order chi connectivity index (χ1) is 10.7. The standard InChI is InChI=1S/C9H10O2.C7H8O.C2H4O2/c1-7-2-4-8(5-3-7)6-9(10)11;1-6-2-4-7(8)5-3-6;1-2(3)4/h2-5H,6H2,1H3,(H,10,11);2-5,8H,1H3;1H3,(H,3,4). The molecule has 0 aromatic heterocycles. The van der Waals surface area contributed by atoms with Gasteiger partial charge in [0.1, 0.15) is 5.75 Å². The van der Waals surface area contributed by atoms with Gasteiger partial charge < -0.3 is 15.3 Å². The third kappa shape index (κ3) is 12.6. The van der Waals surface area contributed by atoms with Gasteiger partial charge in [0.25, 0.3) is 5.97 Å². The van der Waals surface area contributed by atoms with Crippen LogP contribution in [0.3, 0.4) is 0 Å². The third-order valence-electron chi connectivity index (χ3n) is 2.51. The number of carboxylic acids is 2. The van der Waals surface area contributed by atoms with Crippen molar-refractivity contribution in [2.24, 2.45) is 0 Å². The van der Waals surface area contributed by atoms with E-state index in [4.69, 9.17) is 20.1 Å². The fourth-order valence-electron chi connectivity index (χ4n) is 1.43. The highest BCUT2D eigenvalue weighted by Gasteiger charge is 1.97. The van der Waals surface area contributed by atoms with E-state index < -0.39 is 11.9 Å². The van der Waals surface area contributed by atoms with Gasteiger partial charge in [-0.2, -0.15) is 0 Å². The van der Waals surface area contributed by atoms with Gasteiger partial charge in [0.05, 0.1) is 6.42 Å². The van der Waals surface area contributed by atoms with Gasteiger partial charge in [0.15, 0.2) is 0 Å². The van der Waals surface area contributed by atoms with E-state index in [0.29, 0.717) is 5.75 Å². The molecule has 0 amide bonds. The summed E-state index contributed by atoms with van der Waals surface area (Å²) in [5.74, 6) is -1.29. The number of hydrogen-bond acceptors (Lipinski definition) is 3. The first-order valence-electron chi connectivity index (χ1n) is 6.93. The van der Waals surface area contributed by atoms with Crippen molar-refractivity contribution in [1.29, 1.82) is 0 Å². The lowest BCUT2D eigenvalue weighted by Gasteiger charge is -1.96. The summed E-state index contributed by atoms with van der Waals surface area (Å²) in [6.45, 7) is 5.05. The highest BCUT2D eigenvalue weighted by Crippen LogP contribution is 2.07. The Kier molecular flexibility index (Phi) is 9.51. The summed E-state index contributed by atoms with van der Waals surface area (Å²) in [4.78, 5) is 19.3. The normalized spacial score (nSPS) is 8.83. The summed E-state index contributed by atoms with van der Waals surface area (Å²) in [5.41, 5.74) is 3.17. The maximum atomic E-state index is 10.3. The number of carbonyl (C=O) groups is 2. The van der Waals surface area contributed by atoms with Crippen LogP contribution in [0.2, 0.25) is 0 Å². The molecule has 23 heavy (non-hydrogen) atoms. The Labute approximate surface area is 135 Å². The largest absolute Gasteiger partial charge is 0.508 e. The molecule has 3 N–H and O–H groups in total.